The number of hydrogen-bond donors (Lipinski definition) is 3. The third-order valence-electron chi connectivity index (χ3n) is 5.37. The van der Waals surface area contributed by atoms with Crippen LogP contribution in [0, 0.1) is 0 Å². The van der Waals surface area contributed by atoms with E-state index in [9.17, 15) is 9.90 Å². The summed E-state index contributed by atoms with van der Waals surface area (Å²) >= 11 is 0. The van der Waals surface area contributed by atoms with E-state index in [0.29, 0.717) is 36.6 Å². The van der Waals surface area contributed by atoms with Crippen LogP contribution in [0.3, 0.4) is 0 Å². The number of aliphatic imine (C=N–C) groups is 1. The van der Waals surface area contributed by atoms with E-state index in [1.807, 2.05) is 6.92 Å². The Morgan fingerprint density at radius 3 is 2.12 bits per heavy atom. The molecule has 2 aromatic rings. The Balaban J connectivity index is -0.00000165. The molecule has 228 valence electrons. The molecule has 41 heavy (non-hydrogen) atoms. The molecule has 10 nitrogen and oxygen atoms in total. The second-order valence-electron chi connectivity index (χ2n) is 8.69. The fraction of sp³-hybridized carbons (Fsp3) is 0.483. The summed E-state index contributed by atoms with van der Waals surface area (Å²) in [5, 5.41) is 19.5. The number of carbonyl (C=O) groups is 1. The van der Waals surface area contributed by atoms with Crippen molar-refractivity contribution < 1.29 is 52.0 Å². The second-order valence-corrected chi connectivity index (χ2v) is 8.69. The van der Waals surface area contributed by atoms with E-state index in [2.05, 4.69) is 37.8 Å². The number of nitrogens with one attached hydrogen (secondary N) is 2. The molecule has 0 saturated heterocycles. The number of hydrogen-bond acceptors (Lipinski definition) is 6. The molecule has 0 unspecified atom stereocenters. The molecular weight excluding hydrogens is 860 g/mol. The fourth-order valence-corrected chi connectivity index (χ4v) is 3.46. The van der Waals surface area contributed by atoms with Crippen LogP contribution in [0.5, 0.6) is 5.75 Å². The minimum atomic E-state index is -0.360. The summed E-state index contributed by atoms with van der Waals surface area (Å²) in [4.78, 5) is 23.8. The molecule has 1 heterocycles. The van der Waals surface area contributed by atoms with Crippen LogP contribution in [0.2, 0.25) is 0 Å². The molecule has 1 amide bonds. The van der Waals surface area contributed by atoms with Gasteiger partial charge < -0.3 is 37.4 Å². The fourth-order valence-electron chi connectivity index (χ4n) is 3.46. The van der Waals surface area contributed by atoms with Gasteiger partial charge in [-0.05, 0) is 30.5 Å². The van der Waals surface area contributed by atoms with Crippen LogP contribution in [0.15, 0.2) is 58.9 Å². The van der Waals surface area contributed by atoms with Gasteiger partial charge in [0.05, 0.1) is 6.20 Å². The summed E-state index contributed by atoms with van der Waals surface area (Å²) in [6.07, 6.45) is 5.18. The van der Waals surface area contributed by atoms with Crippen molar-refractivity contribution in [2.75, 3.05) is 53.2 Å². The summed E-state index contributed by atoms with van der Waals surface area (Å²) in [5.41, 5.74) is 16.8. The Kier molecular flexibility index (Phi) is 28.1. The molecule has 0 saturated carbocycles. The van der Waals surface area contributed by atoms with Crippen LogP contribution in [-0.2, 0) is 53.5 Å². The van der Waals surface area contributed by atoms with Gasteiger partial charge in [0.2, 0.25) is 0 Å². The van der Waals surface area contributed by atoms with Crippen molar-refractivity contribution in [3.8, 4) is 5.75 Å². The minimum Gasteiger partial charge on any atom is -0.699 e. The number of aromatic hydroxyl groups is 1. The normalized spacial score (nSPS) is 10.8. The molecule has 0 aliphatic rings. The number of amides is 1. The molecular formula is C29H47N8O2W2-. The van der Waals surface area contributed by atoms with E-state index in [0.717, 1.165) is 37.1 Å². The maximum Gasteiger partial charge on any atom is 2.00 e. The monoisotopic (exact) mass is 907 g/mol. The van der Waals surface area contributed by atoms with Crippen molar-refractivity contribution in [3.63, 3.8) is 0 Å². The molecule has 0 spiro atoms. The van der Waals surface area contributed by atoms with E-state index in [-0.39, 0.29) is 59.5 Å². The first kappa shape index (κ1) is 43.2. The average Bonchev–Trinajstić information content (AvgIpc) is 2.93. The maximum atomic E-state index is 12.9. The minimum absolute atomic E-state index is 0. The molecule has 2 rings (SSSR count). The smallest absolute Gasteiger partial charge is 0.699 e. The van der Waals surface area contributed by atoms with E-state index in [4.69, 9.17) is 11.5 Å². The van der Waals surface area contributed by atoms with Gasteiger partial charge in [0.1, 0.15) is 17.3 Å². The molecule has 0 fully saturated rings. The summed E-state index contributed by atoms with van der Waals surface area (Å²) in [7, 11) is 8.70. The van der Waals surface area contributed by atoms with E-state index in [1.165, 1.54) is 6.20 Å². The number of nitrogens with two attached hydrogens (primary N) is 1. The number of anilines is 1. The maximum absolute atomic E-state index is 12.9. The van der Waals surface area contributed by atoms with Crippen molar-refractivity contribution in [2.45, 2.75) is 46.1 Å². The summed E-state index contributed by atoms with van der Waals surface area (Å²) < 4.78 is 0. The van der Waals surface area contributed by atoms with Crippen LogP contribution >= 0.6 is 0 Å². The molecule has 1 aromatic heterocycles. The van der Waals surface area contributed by atoms with Gasteiger partial charge in [-0.15, -0.1) is 5.69 Å². The van der Waals surface area contributed by atoms with Crippen LogP contribution in [-0.4, -0.2) is 70.0 Å². The van der Waals surface area contributed by atoms with Crippen LogP contribution in [0.25, 0.3) is 16.4 Å². The molecule has 0 atom stereocenters. The first-order chi connectivity index (χ1) is 18.7. The molecule has 0 aliphatic carbocycles. The van der Waals surface area contributed by atoms with E-state index < -0.39 is 0 Å². The molecule has 5 N–H and O–H groups in total. The van der Waals surface area contributed by atoms with Crippen molar-refractivity contribution in [2.24, 2.45) is 10.7 Å². The summed E-state index contributed by atoms with van der Waals surface area (Å²) in [6, 6.07) is 10.3. The number of aromatic nitrogens is 1. The Morgan fingerprint density at radius 2 is 1.66 bits per heavy atom. The Bertz CT molecular complexity index is 999. The zero-order chi connectivity index (χ0) is 29.6. The van der Waals surface area contributed by atoms with Gasteiger partial charge in [-0.25, -0.2) is 4.98 Å². The average molecular weight is 907 g/mol. The Hall–Kier alpha value is -2.25. The number of pyridine rings is 1. The largest absolute Gasteiger partial charge is 2.00 e. The predicted octanol–water partition coefficient (Wildman–Crippen LogP) is 5.71. The second kappa shape index (κ2) is 26.6. The molecule has 12 heteroatoms. The van der Waals surface area contributed by atoms with Crippen LogP contribution in [0.1, 0.15) is 45.1 Å². The van der Waals surface area contributed by atoms with Crippen LogP contribution in [0.4, 0.5) is 11.5 Å². The first-order valence-electron chi connectivity index (χ1n) is 13.1. The van der Waals surface area contributed by atoms with Gasteiger partial charge in [-0.2, -0.15) is 28.2 Å². The van der Waals surface area contributed by atoms with E-state index >= 15 is 0 Å². The Morgan fingerprint density at radius 1 is 1.07 bits per heavy atom. The SMILES string of the molecule is CCCCCN(C/C(C(CC)=NC)=C(/N)C(=O)NCc1ccc([NH-])cc1)c1ccc(O)cn1.C[N-]C.C[N-]C.[W+2].[W]. The topological polar surface area (TPSA) is 156 Å². The molecule has 0 aliphatic heterocycles. The molecule has 1 aromatic carbocycles. The number of carbonyl (C=O) groups excluding carboxylic acids is 1. The number of nitrogens with zero attached hydrogens (tertiary/aromatic N) is 5. The first-order valence-corrected chi connectivity index (χ1v) is 13.1. The standard InChI is InChI=1S/C25H35N6O2.2C2H6N.2W/c1-4-6-7-14-31(23-13-12-20(32)16-29-23)17-21(22(5-2)28-3)24(27)25(33)30-15-18-8-10-19(26)11-9-18;2*1-3-2;;/h8-13,16,26,32H,4-7,14-15,17H2,1-3H3,(H2,27,28)(H,30,33);2*1-2H3;;/q3*-1;;+2. The van der Waals surface area contributed by atoms with Gasteiger partial charge in [-0.1, -0.05) is 51.0 Å². The van der Waals surface area contributed by atoms with Gasteiger partial charge in [0, 0.05) is 59.0 Å². The van der Waals surface area contributed by atoms with Gasteiger partial charge >= 0.3 is 21.1 Å². The van der Waals surface area contributed by atoms with Crippen molar-refractivity contribution in [1.82, 2.24) is 10.3 Å². The van der Waals surface area contributed by atoms with Crippen molar-refractivity contribution >= 4 is 23.1 Å². The molecule has 0 bridgehead atoms. The van der Waals surface area contributed by atoms with Crippen LogP contribution < -0.4 is 16.0 Å². The number of rotatable bonds is 12. The van der Waals surface area contributed by atoms with Gasteiger partial charge in [-0.3, -0.25) is 9.79 Å². The van der Waals surface area contributed by atoms with Gasteiger partial charge in [0.15, 0.2) is 0 Å². The van der Waals surface area contributed by atoms with Crippen molar-refractivity contribution in [1.29, 1.82) is 0 Å². The quantitative estimate of drug-likeness (QED) is 0.141. The predicted molar refractivity (Wildman–Crippen MR) is 165 cm³/mol. The zero-order valence-corrected chi connectivity index (χ0v) is 31.3. The van der Waals surface area contributed by atoms with Crippen molar-refractivity contribution in [3.05, 3.63) is 75.8 Å². The molecule has 0 radical (unpaired) electrons. The van der Waals surface area contributed by atoms with Gasteiger partial charge in [0.25, 0.3) is 5.91 Å². The zero-order valence-electron chi connectivity index (χ0n) is 25.5. The summed E-state index contributed by atoms with van der Waals surface area (Å²) in [5.74, 6) is 0.447. The number of benzene rings is 1. The third-order valence-corrected chi connectivity index (χ3v) is 5.37. The summed E-state index contributed by atoms with van der Waals surface area (Å²) in [6.45, 7) is 5.57. The number of unbranched alkanes of at least 4 members (excludes halogenated alkanes) is 2. The van der Waals surface area contributed by atoms with E-state index in [1.54, 1.807) is 71.6 Å². The third kappa shape index (κ3) is 18.0. The Labute approximate surface area is 275 Å².